The normalized spacial score (nSPS) is 16.1. The summed E-state index contributed by atoms with van der Waals surface area (Å²) < 4.78 is 0. The number of hydrogen-bond donors (Lipinski definition) is 3. The van der Waals surface area contributed by atoms with Crippen molar-refractivity contribution >= 4 is 18.1 Å². The van der Waals surface area contributed by atoms with Crippen LogP contribution in [0.25, 0.3) is 0 Å². The van der Waals surface area contributed by atoms with Crippen molar-refractivity contribution in [2.75, 3.05) is 0 Å². The molecule has 1 aliphatic carbocycles. The van der Waals surface area contributed by atoms with Gasteiger partial charge in [0, 0.05) is 12.1 Å². The summed E-state index contributed by atoms with van der Waals surface area (Å²) in [7, 11) is 0. The predicted molar refractivity (Wildman–Crippen MR) is 58.4 cm³/mol. The highest BCUT2D eigenvalue weighted by atomic mass is 16.4. The highest BCUT2D eigenvalue weighted by molar-refractivity contribution is 5.91. The molecule has 0 unspecified atom stereocenters. The molecule has 1 rings (SSSR count). The van der Waals surface area contributed by atoms with Gasteiger partial charge in [-0.05, 0) is 18.9 Å². The third kappa shape index (κ3) is 3.95. The lowest BCUT2D eigenvalue weighted by Gasteiger charge is -2.00. The number of allylic oxidation sites excluding steroid dienone is 1. The van der Waals surface area contributed by atoms with Gasteiger partial charge in [0.15, 0.2) is 0 Å². The smallest absolute Gasteiger partial charge is 0.351 e. The Labute approximate surface area is 92.5 Å². The fourth-order valence-electron chi connectivity index (χ4n) is 0.901. The van der Waals surface area contributed by atoms with E-state index in [1.54, 1.807) is 0 Å². The Kier molecular flexibility index (Phi) is 3.82. The maximum absolute atomic E-state index is 11.2. The molecule has 0 aromatic heterocycles. The number of nitrogens with one attached hydrogen (secondary N) is 1. The quantitative estimate of drug-likeness (QED) is 0.450. The number of amides is 1. The molecule has 16 heavy (non-hydrogen) atoms. The van der Waals surface area contributed by atoms with E-state index in [0.29, 0.717) is 0 Å². The van der Waals surface area contributed by atoms with Gasteiger partial charge in [-0.25, -0.2) is 9.79 Å². The number of nitrogens with zero attached hydrogens (tertiary/aromatic N) is 1. The van der Waals surface area contributed by atoms with E-state index in [0.717, 1.165) is 18.9 Å². The molecule has 4 N–H and O–H groups in total. The van der Waals surface area contributed by atoms with Gasteiger partial charge in [0.1, 0.15) is 11.5 Å². The van der Waals surface area contributed by atoms with Crippen molar-refractivity contribution in [3.8, 4) is 0 Å². The lowest BCUT2D eigenvalue weighted by Crippen LogP contribution is -2.22. The molecule has 1 saturated carbocycles. The van der Waals surface area contributed by atoms with Crippen LogP contribution < -0.4 is 11.1 Å². The summed E-state index contributed by atoms with van der Waals surface area (Å²) in [5.41, 5.74) is 4.79. The monoisotopic (exact) mass is 223 g/mol. The first kappa shape index (κ1) is 12.0. The molecule has 6 nitrogen and oxygen atoms in total. The summed E-state index contributed by atoms with van der Waals surface area (Å²) >= 11 is 0. The molecule has 0 atom stereocenters. The van der Waals surface area contributed by atoms with E-state index in [1.807, 2.05) is 0 Å². The number of nitrogens with two attached hydrogens (primary N) is 1. The van der Waals surface area contributed by atoms with Crippen molar-refractivity contribution in [1.82, 2.24) is 5.32 Å². The van der Waals surface area contributed by atoms with Crippen LogP contribution in [0, 0.1) is 5.92 Å². The minimum atomic E-state index is -1.22. The standard InChI is InChI=1S/C10H13N3O3/c1-6(13-9(14)7-2-3-7)12-5-4-8(11)10(15)16/h4-5,7H,1-3,11H2,(H,13,14)(H,15,16)/b8-4-,12-5?. The molecule has 1 fully saturated rings. The van der Waals surface area contributed by atoms with Gasteiger partial charge in [0.25, 0.3) is 0 Å². The largest absolute Gasteiger partial charge is 0.477 e. The van der Waals surface area contributed by atoms with Crippen LogP contribution >= 0.6 is 0 Å². The summed E-state index contributed by atoms with van der Waals surface area (Å²) in [5, 5.41) is 10.9. The van der Waals surface area contributed by atoms with E-state index in [9.17, 15) is 9.59 Å². The first-order chi connectivity index (χ1) is 7.50. The Bertz CT molecular complexity index is 381. The summed E-state index contributed by atoms with van der Waals surface area (Å²) in [6, 6.07) is 0. The second-order valence-electron chi connectivity index (χ2n) is 3.42. The molecule has 86 valence electrons. The predicted octanol–water partition coefficient (Wildman–Crippen LogP) is -0.0182. The van der Waals surface area contributed by atoms with Crippen LogP contribution in [-0.4, -0.2) is 23.2 Å². The van der Waals surface area contributed by atoms with E-state index in [4.69, 9.17) is 10.8 Å². The summed E-state index contributed by atoms with van der Waals surface area (Å²) in [6.45, 7) is 3.50. The van der Waals surface area contributed by atoms with Crippen molar-refractivity contribution in [1.29, 1.82) is 0 Å². The van der Waals surface area contributed by atoms with Crippen molar-refractivity contribution in [3.63, 3.8) is 0 Å². The summed E-state index contributed by atoms with van der Waals surface area (Å²) in [4.78, 5) is 25.3. The fraction of sp³-hybridized carbons (Fsp3) is 0.300. The van der Waals surface area contributed by atoms with E-state index < -0.39 is 5.97 Å². The third-order valence-electron chi connectivity index (χ3n) is 1.95. The van der Waals surface area contributed by atoms with E-state index >= 15 is 0 Å². The zero-order chi connectivity index (χ0) is 12.1. The highest BCUT2D eigenvalue weighted by Gasteiger charge is 2.29. The van der Waals surface area contributed by atoms with E-state index in [1.165, 1.54) is 6.21 Å². The van der Waals surface area contributed by atoms with Gasteiger partial charge in [-0.2, -0.15) is 0 Å². The van der Waals surface area contributed by atoms with Crippen LogP contribution in [0.15, 0.2) is 29.2 Å². The number of rotatable bonds is 5. The first-order valence-corrected chi connectivity index (χ1v) is 4.73. The van der Waals surface area contributed by atoms with E-state index in [-0.39, 0.29) is 23.3 Å². The number of aliphatic imine (C=N–C) groups is 1. The van der Waals surface area contributed by atoms with Gasteiger partial charge < -0.3 is 16.2 Å². The lowest BCUT2D eigenvalue weighted by atomic mass is 10.4. The molecule has 0 aromatic rings. The third-order valence-corrected chi connectivity index (χ3v) is 1.95. The van der Waals surface area contributed by atoms with Gasteiger partial charge >= 0.3 is 5.97 Å². The molecule has 1 amide bonds. The average molecular weight is 223 g/mol. The molecular weight excluding hydrogens is 210 g/mol. The van der Waals surface area contributed by atoms with Gasteiger partial charge in [-0.15, -0.1) is 0 Å². The number of hydrogen-bond acceptors (Lipinski definition) is 4. The Hall–Kier alpha value is -2.11. The molecule has 1 aliphatic rings. The van der Waals surface area contributed by atoms with Crippen LogP contribution in [-0.2, 0) is 9.59 Å². The zero-order valence-corrected chi connectivity index (χ0v) is 8.64. The maximum Gasteiger partial charge on any atom is 0.351 e. The second-order valence-corrected chi connectivity index (χ2v) is 3.42. The van der Waals surface area contributed by atoms with Crippen LogP contribution in [0.1, 0.15) is 12.8 Å². The van der Waals surface area contributed by atoms with Gasteiger partial charge in [0.2, 0.25) is 5.91 Å². The topological polar surface area (TPSA) is 105 Å². The van der Waals surface area contributed by atoms with Crippen molar-refractivity contribution in [2.45, 2.75) is 12.8 Å². The van der Waals surface area contributed by atoms with Crippen LogP contribution in [0.4, 0.5) is 0 Å². The number of aliphatic carboxylic acids is 1. The van der Waals surface area contributed by atoms with Crippen molar-refractivity contribution in [3.05, 3.63) is 24.2 Å². The van der Waals surface area contributed by atoms with E-state index in [2.05, 4.69) is 16.9 Å². The highest BCUT2D eigenvalue weighted by Crippen LogP contribution is 2.28. The van der Waals surface area contributed by atoms with Crippen LogP contribution in [0.3, 0.4) is 0 Å². The molecule has 6 heteroatoms. The molecule has 0 aliphatic heterocycles. The summed E-state index contributed by atoms with van der Waals surface area (Å²) in [5.74, 6) is -1.07. The second kappa shape index (κ2) is 5.11. The SMILES string of the molecule is C=C(N=C/C=C(\N)C(=O)O)NC(=O)C1CC1. The minimum absolute atomic E-state index is 0.0755. The molecule has 0 aromatic carbocycles. The maximum atomic E-state index is 11.2. The Morgan fingerprint density at radius 3 is 2.62 bits per heavy atom. The fourth-order valence-corrected chi connectivity index (χ4v) is 0.901. The Balaban J connectivity index is 2.38. The van der Waals surface area contributed by atoms with Crippen LogP contribution in [0.5, 0.6) is 0 Å². The number of carboxylic acids is 1. The first-order valence-electron chi connectivity index (χ1n) is 4.73. The van der Waals surface area contributed by atoms with Crippen molar-refractivity contribution in [2.24, 2.45) is 16.6 Å². The summed E-state index contributed by atoms with van der Waals surface area (Å²) in [6.07, 6.45) is 4.10. The minimum Gasteiger partial charge on any atom is -0.477 e. The number of carbonyl (C=O) groups is 2. The Morgan fingerprint density at radius 1 is 1.50 bits per heavy atom. The average Bonchev–Trinajstić information content (AvgIpc) is 3.00. The van der Waals surface area contributed by atoms with Gasteiger partial charge in [0.05, 0.1) is 0 Å². The molecular formula is C10H13N3O3. The molecule has 0 heterocycles. The number of carbonyl (C=O) groups excluding carboxylic acids is 1. The zero-order valence-electron chi connectivity index (χ0n) is 8.64. The number of carboxylic acid groups (broad SMARTS) is 1. The lowest BCUT2D eigenvalue weighted by molar-refractivity contribution is -0.132. The van der Waals surface area contributed by atoms with Crippen LogP contribution in [0.2, 0.25) is 0 Å². The van der Waals surface area contributed by atoms with Crippen molar-refractivity contribution < 1.29 is 14.7 Å². The molecule has 0 saturated heterocycles. The Morgan fingerprint density at radius 2 is 2.12 bits per heavy atom. The molecule has 0 radical (unpaired) electrons. The van der Waals surface area contributed by atoms with Gasteiger partial charge in [-0.1, -0.05) is 6.58 Å². The molecule has 0 bridgehead atoms. The molecule has 0 spiro atoms. The van der Waals surface area contributed by atoms with Gasteiger partial charge in [-0.3, -0.25) is 4.79 Å².